The number of thioether (sulfide) groups is 1. The summed E-state index contributed by atoms with van der Waals surface area (Å²) in [6.07, 6.45) is 2.06. The highest BCUT2D eigenvalue weighted by molar-refractivity contribution is 7.98. The Morgan fingerprint density at radius 1 is 0.944 bits per heavy atom. The number of nitrogens with one attached hydrogen (secondary N) is 1. The number of hydrogen-bond donors (Lipinski definition) is 1. The molecule has 2 rings (SSSR count). The minimum atomic E-state index is -0.0562. The largest absolute Gasteiger partial charge is 0.355 e. The molecule has 3 heteroatoms. The van der Waals surface area contributed by atoms with Crippen LogP contribution in [0.25, 0.3) is 11.1 Å². The van der Waals surface area contributed by atoms with Crippen LogP contribution in [0.5, 0.6) is 0 Å². The van der Waals surface area contributed by atoms with Gasteiger partial charge in [0.25, 0.3) is 5.91 Å². The van der Waals surface area contributed by atoms with Crippen molar-refractivity contribution in [2.75, 3.05) is 13.3 Å². The lowest BCUT2D eigenvalue weighted by Crippen LogP contribution is -2.17. The summed E-state index contributed by atoms with van der Waals surface area (Å²) < 4.78 is 0. The van der Waals surface area contributed by atoms with Crippen molar-refractivity contribution in [3.8, 4) is 11.1 Å². The van der Waals surface area contributed by atoms with Gasteiger partial charge < -0.3 is 5.32 Å². The molecule has 1 N–H and O–H groups in total. The summed E-state index contributed by atoms with van der Waals surface area (Å²) in [5.41, 5.74) is 2.97. The predicted octanol–water partition coefficient (Wildman–Crippen LogP) is 3.44. The Morgan fingerprint density at radius 3 is 1.89 bits per heavy atom. The fraction of sp³-hybridized carbons (Fsp3) is 0.133. The number of amides is 1. The van der Waals surface area contributed by atoms with Crippen LogP contribution in [0.1, 0.15) is 10.4 Å². The Balaban J connectivity index is 2.25. The minimum absolute atomic E-state index is 0.0562. The summed E-state index contributed by atoms with van der Waals surface area (Å²) in [4.78, 5) is 12.7. The molecule has 0 aliphatic carbocycles. The second kappa shape index (κ2) is 5.74. The molecule has 0 unspecified atom stereocenters. The van der Waals surface area contributed by atoms with Gasteiger partial charge in [0.15, 0.2) is 0 Å². The van der Waals surface area contributed by atoms with Gasteiger partial charge in [-0.3, -0.25) is 4.79 Å². The normalized spacial score (nSPS) is 10.1. The third-order valence-corrected chi connectivity index (χ3v) is 3.54. The van der Waals surface area contributed by atoms with Crippen LogP contribution in [0.15, 0.2) is 53.4 Å². The zero-order chi connectivity index (χ0) is 13.0. The van der Waals surface area contributed by atoms with Crippen LogP contribution in [0, 0.1) is 0 Å². The molecule has 0 atom stereocenters. The molecule has 2 nitrogen and oxygen atoms in total. The number of rotatable bonds is 3. The molecule has 2 aromatic rings. The van der Waals surface area contributed by atoms with Gasteiger partial charge >= 0.3 is 0 Å². The summed E-state index contributed by atoms with van der Waals surface area (Å²) in [7, 11) is 1.64. The highest BCUT2D eigenvalue weighted by Gasteiger charge is 2.03. The molecule has 0 spiro atoms. The lowest BCUT2D eigenvalue weighted by Gasteiger charge is -2.04. The van der Waals surface area contributed by atoms with Crippen molar-refractivity contribution >= 4 is 17.7 Å². The van der Waals surface area contributed by atoms with Gasteiger partial charge in [-0.1, -0.05) is 24.3 Å². The maximum Gasteiger partial charge on any atom is 0.251 e. The number of carbonyl (C=O) groups is 1. The molecule has 0 fully saturated rings. The second-order valence-corrected chi connectivity index (χ2v) is 4.76. The summed E-state index contributed by atoms with van der Waals surface area (Å²) in [5.74, 6) is -0.0562. The molecule has 92 valence electrons. The van der Waals surface area contributed by atoms with E-state index in [0.717, 1.165) is 11.1 Å². The maximum absolute atomic E-state index is 11.4. The van der Waals surface area contributed by atoms with Gasteiger partial charge in [0.2, 0.25) is 0 Å². The van der Waals surface area contributed by atoms with Gasteiger partial charge in [-0.2, -0.15) is 0 Å². The second-order valence-electron chi connectivity index (χ2n) is 3.88. The van der Waals surface area contributed by atoms with Crippen molar-refractivity contribution in [2.24, 2.45) is 0 Å². The molecular weight excluding hydrogens is 242 g/mol. The minimum Gasteiger partial charge on any atom is -0.355 e. The summed E-state index contributed by atoms with van der Waals surface area (Å²) in [5, 5.41) is 2.61. The van der Waals surface area contributed by atoms with E-state index in [4.69, 9.17) is 0 Å². The third-order valence-electron chi connectivity index (χ3n) is 2.80. The van der Waals surface area contributed by atoms with Crippen molar-refractivity contribution in [2.45, 2.75) is 4.90 Å². The quantitative estimate of drug-likeness (QED) is 0.853. The highest BCUT2D eigenvalue weighted by atomic mass is 32.2. The van der Waals surface area contributed by atoms with E-state index in [2.05, 4.69) is 35.8 Å². The summed E-state index contributed by atoms with van der Waals surface area (Å²) in [6, 6.07) is 16.0. The zero-order valence-corrected chi connectivity index (χ0v) is 11.3. The van der Waals surface area contributed by atoms with E-state index >= 15 is 0 Å². The third kappa shape index (κ3) is 2.74. The van der Waals surface area contributed by atoms with Crippen LogP contribution in [-0.4, -0.2) is 19.2 Å². The first-order valence-electron chi connectivity index (χ1n) is 5.71. The summed E-state index contributed by atoms with van der Waals surface area (Å²) >= 11 is 1.73. The highest BCUT2D eigenvalue weighted by Crippen LogP contribution is 2.23. The Kier molecular flexibility index (Phi) is 4.05. The average molecular weight is 257 g/mol. The fourth-order valence-corrected chi connectivity index (χ4v) is 2.15. The first-order chi connectivity index (χ1) is 8.74. The van der Waals surface area contributed by atoms with E-state index in [1.807, 2.05) is 24.3 Å². The SMILES string of the molecule is CNC(=O)c1ccc(-c2ccc(SC)cc2)cc1. The molecule has 0 aromatic heterocycles. The lowest BCUT2D eigenvalue weighted by molar-refractivity contribution is 0.0963. The Morgan fingerprint density at radius 2 is 1.44 bits per heavy atom. The van der Waals surface area contributed by atoms with E-state index in [0.29, 0.717) is 5.56 Å². The standard InChI is InChI=1S/C15H15NOS/c1-16-15(17)13-5-3-11(4-6-13)12-7-9-14(18-2)10-8-12/h3-10H,1-2H3,(H,16,17). The van der Waals surface area contributed by atoms with Gasteiger partial charge in [0.1, 0.15) is 0 Å². The van der Waals surface area contributed by atoms with Gasteiger partial charge in [-0.05, 0) is 41.6 Å². The Hall–Kier alpha value is -1.74. The molecule has 0 heterocycles. The molecule has 0 saturated carbocycles. The Labute approximate surface area is 111 Å². The average Bonchev–Trinajstić information content (AvgIpc) is 2.47. The van der Waals surface area contributed by atoms with Crippen molar-refractivity contribution in [1.82, 2.24) is 5.32 Å². The molecule has 1 amide bonds. The first-order valence-corrected chi connectivity index (χ1v) is 6.93. The summed E-state index contributed by atoms with van der Waals surface area (Å²) in [6.45, 7) is 0. The molecule has 18 heavy (non-hydrogen) atoms. The topological polar surface area (TPSA) is 29.1 Å². The first kappa shape index (κ1) is 12.7. The molecule has 0 aliphatic rings. The van der Waals surface area contributed by atoms with Gasteiger partial charge in [-0.25, -0.2) is 0 Å². The van der Waals surface area contributed by atoms with E-state index in [1.54, 1.807) is 18.8 Å². The zero-order valence-electron chi connectivity index (χ0n) is 10.4. The van der Waals surface area contributed by atoms with Gasteiger partial charge in [0, 0.05) is 17.5 Å². The molecule has 0 radical (unpaired) electrons. The van der Waals surface area contributed by atoms with E-state index < -0.39 is 0 Å². The van der Waals surface area contributed by atoms with Crippen LogP contribution in [0.2, 0.25) is 0 Å². The monoisotopic (exact) mass is 257 g/mol. The lowest BCUT2D eigenvalue weighted by atomic mass is 10.0. The van der Waals surface area contributed by atoms with Crippen molar-refractivity contribution in [3.05, 3.63) is 54.1 Å². The molecule has 0 bridgehead atoms. The van der Waals surface area contributed by atoms with E-state index in [1.165, 1.54) is 4.90 Å². The van der Waals surface area contributed by atoms with Gasteiger partial charge in [0.05, 0.1) is 0 Å². The van der Waals surface area contributed by atoms with E-state index in [9.17, 15) is 4.79 Å². The van der Waals surface area contributed by atoms with Crippen molar-refractivity contribution < 1.29 is 4.79 Å². The maximum atomic E-state index is 11.4. The van der Waals surface area contributed by atoms with Crippen molar-refractivity contribution in [3.63, 3.8) is 0 Å². The Bertz CT molecular complexity index is 531. The van der Waals surface area contributed by atoms with E-state index in [-0.39, 0.29) is 5.91 Å². The number of carbonyl (C=O) groups excluding carboxylic acids is 1. The van der Waals surface area contributed by atoms with Crippen LogP contribution in [0.3, 0.4) is 0 Å². The van der Waals surface area contributed by atoms with Crippen LogP contribution in [-0.2, 0) is 0 Å². The predicted molar refractivity (Wildman–Crippen MR) is 77.0 cm³/mol. The molecular formula is C15H15NOS. The molecule has 0 aliphatic heterocycles. The number of benzene rings is 2. The van der Waals surface area contributed by atoms with Crippen LogP contribution < -0.4 is 5.32 Å². The fourth-order valence-electron chi connectivity index (χ4n) is 1.74. The van der Waals surface area contributed by atoms with Crippen molar-refractivity contribution in [1.29, 1.82) is 0 Å². The smallest absolute Gasteiger partial charge is 0.251 e. The number of hydrogen-bond acceptors (Lipinski definition) is 2. The molecule has 0 saturated heterocycles. The van der Waals surface area contributed by atoms with Crippen LogP contribution in [0.4, 0.5) is 0 Å². The van der Waals surface area contributed by atoms with Gasteiger partial charge in [-0.15, -0.1) is 11.8 Å². The van der Waals surface area contributed by atoms with Crippen LogP contribution >= 0.6 is 11.8 Å². The molecule has 2 aromatic carbocycles.